The molecular formula is C25H26N4O. The average molecular weight is 399 g/mol. The Hall–Kier alpha value is -3.07. The van der Waals surface area contributed by atoms with E-state index in [2.05, 4.69) is 68.9 Å². The van der Waals surface area contributed by atoms with E-state index < -0.39 is 0 Å². The largest absolute Gasteiger partial charge is 0.430 e. The number of para-hydroxylation sites is 2. The van der Waals surface area contributed by atoms with Crippen molar-refractivity contribution >= 4 is 11.1 Å². The maximum Gasteiger partial charge on any atom is 0.274 e. The van der Waals surface area contributed by atoms with Crippen molar-refractivity contribution in [3.8, 4) is 11.8 Å². The highest BCUT2D eigenvalue weighted by molar-refractivity contribution is 5.72. The van der Waals surface area contributed by atoms with Gasteiger partial charge in [-0.3, -0.25) is 9.80 Å². The van der Waals surface area contributed by atoms with Crippen LogP contribution in [0.1, 0.15) is 17.9 Å². The zero-order valence-corrected chi connectivity index (χ0v) is 17.3. The monoisotopic (exact) mass is 398 g/mol. The van der Waals surface area contributed by atoms with Gasteiger partial charge in [-0.1, -0.05) is 48.4 Å². The molecular weight excluding hydrogens is 372 g/mol. The van der Waals surface area contributed by atoms with Crippen LogP contribution in [0.2, 0.25) is 0 Å². The van der Waals surface area contributed by atoms with E-state index in [-0.39, 0.29) is 0 Å². The van der Waals surface area contributed by atoms with E-state index in [0.717, 1.165) is 56.9 Å². The van der Waals surface area contributed by atoms with Crippen LogP contribution in [0.25, 0.3) is 11.1 Å². The molecule has 2 aliphatic heterocycles. The van der Waals surface area contributed by atoms with Gasteiger partial charge in [0, 0.05) is 45.3 Å². The molecule has 5 rings (SSSR count). The van der Waals surface area contributed by atoms with E-state index in [9.17, 15) is 0 Å². The maximum absolute atomic E-state index is 5.70. The summed E-state index contributed by atoms with van der Waals surface area (Å²) in [6.07, 6.45) is 1.09. The zero-order chi connectivity index (χ0) is 20.3. The number of fused-ring (bicyclic) bond motifs is 1. The van der Waals surface area contributed by atoms with Crippen LogP contribution in [-0.2, 0) is 6.54 Å². The lowest BCUT2D eigenvalue weighted by Crippen LogP contribution is -2.47. The van der Waals surface area contributed by atoms with Gasteiger partial charge in [0.15, 0.2) is 5.58 Å². The van der Waals surface area contributed by atoms with Crippen molar-refractivity contribution in [2.45, 2.75) is 13.0 Å². The highest BCUT2D eigenvalue weighted by atomic mass is 16.3. The number of hydrogen-bond acceptors (Lipinski definition) is 5. The molecule has 5 heteroatoms. The molecule has 2 aliphatic rings. The number of oxazole rings is 1. The minimum atomic E-state index is 0.500. The lowest BCUT2D eigenvalue weighted by Gasteiger charge is -2.42. The van der Waals surface area contributed by atoms with Crippen LogP contribution in [-0.4, -0.2) is 59.6 Å². The number of rotatable bonds is 3. The van der Waals surface area contributed by atoms with Gasteiger partial charge in [-0.25, -0.2) is 4.98 Å². The van der Waals surface area contributed by atoms with Gasteiger partial charge in [0.1, 0.15) is 5.52 Å². The molecule has 2 aromatic carbocycles. The number of benzene rings is 2. The van der Waals surface area contributed by atoms with E-state index in [0.29, 0.717) is 5.89 Å². The summed E-state index contributed by atoms with van der Waals surface area (Å²) < 4.78 is 5.70. The van der Waals surface area contributed by atoms with E-state index in [4.69, 9.17) is 4.42 Å². The fourth-order valence-corrected chi connectivity index (χ4v) is 4.42. The summed E-state index contributed by atoms with van der Waals surface area (Å²) in [6.45, 7) is 5.77. The van der Waals surface area contributed by atoms with Gasteiger partial charge in [0.05, 0.1) is 13.2 Å². The second kappa shape index (κ2) is 8.35. The minimum absolute atomic E-state index is 0.500. The Morgan fingerprint density at radius 1 is 1.00 bits per heavy atom. The van der Waals surface area contributed by atoms with Crippen molar-refractivity contribution in [1.29, 1.82) is 0 Å². The molecule has 0 radical (unpaired) electrons. The van der Waals surface area contributed by atoms with Gasteiger partial charge >= 0.3 is 0 Å². The van der Waals surface area contributed by atoms with Gasteiger partial charge in [0.25, 0.3) is 5.89 Å². The molecule has 0 saturated carbocycles. The standard InChI is InChI=1S/C25H26N4O/c1-27-19-29(16-20-8-3-2-4-9-20)18-21-17-28(15-13-23(21)27)14-7-12-25-26-22-10-5-6-11-24(22)30-25/h2-6,8-11H,13-19H2,1H3. The van der Waals surface area contributed by atoms with Gasteiger partial charge in [-0.05, 0) is 29.2 Å². The molecule has 0 bridgehead atoms. The summed E-state index contributed by atoms with van der Waals surface area (Å²) >= 11 is 0. The molecule has 0 N–H and O–H groups in total. The first kappa shape index (κ1) is 18.9. The third-order valence-corrected chi connectivity index (χ3v) is 5.82. The number of hydrogen-bond donors (Lipinski definition) is 0. The lowest BCUT2D eigenvalue weighted by molar-refractivity contribution is 0.137. The maximum atomic E-state index is 5.70. The predicted molar refractivity (Wildman–Crippen MR) is 118 cm³/mol. The normalized spacial score (nSPS) is 17.7. The van der Waals surface area contributed by atoms with E-state index in [1.807, 2.05) is 24.3 Å². The lowest BCUT2D eigenvalue weighted by atomic mass is 10.0. The van der Waals surface area contributed by atoms with Gasteiger partial charge in [-0.2, -0.15) is 0 Å². The van der Waals surface area contributed by atoms with E-state index >= 15 is 0 Å². The number of aromatic nitrogens is 1. The summed E-state index contributed by atoms with van der Waals surface area (Å²) in [5, 5.41) is 0. The Labute approximate surface area is 177 Å². The van der Waals surface area contributed by atoms with Crippen LogP contribution < -0.4 is 0 Å². The van der Waals surface area contributed by atoms with E-state index in [1.54, 1.807) is 0 Å². The molecule has 3 heterocycles. The molecule has 0 unspecified atom stereocenters. The van der Waals surface area contributed by atoms with Gasteiger partial charge in [-0.15, -0.1) is 0 Å². The SMILES string of the molecule is CN1CN(Cc2ccccc2)CC2=C1CCN(CC#Cc1nc3ccccc3o1)C2. The second-order valence-corrected chi connectivity index (χ2v) is 8.11. The van der Waals surface area contributed by atoms with Crippen molar-refractivity contribution in [1.82, 2.24) is 19.7 Å². The van der Waals surface area contributed by atoms with Crippen LogP contribution in [0.5, 0.6) is 0 Å². The van der Waals surface area contributed by atoms with Crippen molar-refractivity contribution in [3.05, 3.63) is 77.3 Å². The number of nitrogens with zero attached hydrogens (tertiary/aromatic N) is 4. The predicted octanol–water partition coefficient (Wildman–Crippen LogP) is 3.54. The summed E-state index contributed by atoms with van der Waals surface area (Å²) in [4.78, 5) is 11.8. The third-order valence-electron chi connectivity index (χ3n) is 5.82. The first-order valence-electron chi connectivity index (χ1n) is 10.5. The van der Waals surface area contributed by atoms with Crippen LogP contribution >= 0.6 is 0 Å². The second-order valence-electron chi connectivity index (χ2n) is 8.11. The third kappa shape index (κ3) is 4.11. The summed E-state index contributed by atoms with van der Waals surface area (Å²) in [7, 11) is 2.22. The Balaban J connectivity index is 1.23. The molecule has 30 heavy (non-hydrogen) atoms. The first-order valence-corrected chi connectivity index (χ1v) is 10.5. The first-order chi connectivity index (χ1) is 14.7. The van der Waals surface area contributed by atoms with Crippen LogP contribution in [0.4, 0.5) is 0 Å². The summed E-state index contributed by atoms with van der Waals surface area (Å²) in [5.41, 5.74) is 6.06. The molecule has 0 saturated heterocycles. The molecule has 152 valence electrons. The smallest absolute Gasteiger partial charge is 0.274 e. The van der Waals surface area contributed by atoms with Crippen molar-refractivity contribution < 1.29 is 4.42 Å². The Bertz CT molecular complexity index is 1090. The molecule has 3 aromatic rings. The highest BCUT2D eigenvalue weighted by Gasteiger charge is 2.27. The van der Waals surface area contributed by atoms with E-state index in [1.165, 1.54) is 16.8 Å². The van der Waals surface area contributed by atoms with Gasteiger partial charge < -0.3 is 9.32 Å². The molecule has 5 nitrogen and oxygen atoms in total. The Morgan fingerprint density at radius 3 is 2.67 bits per heavy atom. The van der Waals surface area contributed by atoms with Crippen LogP contribution in [0.15, 0.2) is 70.3 Å². The average Bonchev–Trinajstić information content (AvgIpc) is 3.17. The fourth-order valence-electron chi connectivity index (χ4n) is 4.42. The fraction of sp³-hybridized carbons (Fsp3) is 0.320. The topological polar surface area (TPSA) is 35.8 Å². The van der Waals surface area contributed by atoms with Crippen molar-refractivity contribution in [2.24, 2.45) is 0 Å². The minimum Gasteiger partial charge on any atom is -0.430 e. The summed E-state index contributed by atoms with van der Waals surface area (Å²) in [6, 6.07) is 18.5. The van der Waals surface area contributed by atoms with Gasteiger partial charge in [0.2, 0.25) is 0 Å². The Kier molecular flexibility index (Phi) is 5.27. The molecule has 0 fully saturated rings. The van der Waals surface area contributed by atoms with Crippen LogP contribution in [0, 0.1) is 11.8 Å². The molecule has 1 aromatic heterocycles. The molecule has 0 atom stereocenters. The van der Waals surface area contributed by atoms with Crippen LogP contribution in [0.3, 0.4) is 0 Å². The quantitative estimate of drug-likeness (QED) is 0.631. The highest BCUT2D eigenvalue weighted by Crippen LogP contribution is 2.26. The zero-order valence-electron chi connectivity index (χ0n) is 17.3. The molecule has 0 spiro atoms. The molecule has 0 amide bonds. The van der Waals surface area contributed by atoms with Crippen molar-refractivity contribution in [2.75, 3.05) is 39.9 Å². The Morgan fingerprint density at radius 2 is 1.80 bits per heavy atom. The van der Waals surface area contributed by atoms with Crippen molar-refractivity contribution in [3.63, 3.8) is 0 Å². The molecule has 0 aliphatic carbocycles. The summed E-state index contributed by atoms with van der Waals surface area (Å²) in [5.74, 6) is 6.86.